The van der Waals surface area contributed by atoms with Crippen LogP contribution in [0.5, 0.6) is 0 Å². The maximum Gasteiger partial charge on any atom is 0.0701 e. The lowest BCUT2D eigenvalue weighted by Gasteiger charge is -2.18. The van der Waals surface area contributed by atoms with E-state index in [-0.39, 0.29) is 6.04 Å². The van der Waals surface area contributed by atoms with Crippen LogP contribution in [0.15, 0.2) is 33.4 Å². The van der Waals surface area contributed by atoms with Gasteiger partial charge in [0.15, 0.2) is 0 Å². The van der Waals surface area contributed by atoms with Crippen LogP contribution in [-0.2, 0) is 12.8 Å². The molecule has 0 fully saturated rings. The van der Waals surface area contributed by atoms with Crippen molar-refractivity contribution in [3.63, 3.8) is 0 Å². The molecule has 0 spiro atoms. The van der Waals surface area contributed by atoms with Gasteiger partial charge >= 0.3 is 0 Å². The van der Waals surface area contributed by atoms with E-state index in [2.05, 4.69) is 45.6 Å². The van der Waals surface area contributed by atoms with Gasteiger partial charge in [-0.2, -0.15) is 0 Å². The van der Waals surface area contributed by atoms with Gasteiger partial charge in [0.1, 0.15) is 0 Å². The SMILES string of the molecule is NC(c1csc(Br)c1)c1ccc2c(c1)CCCC2. The van der Waals surface area contributed by atoms with Crippen LogP contribution in [-0.4, -0.2) is 0 Å². The first-order chi connectivity index (χ1) is 8.74. The third-order valence-corrected chi connectivity index (χ3v) is 5.20. The van der Waals surface area contributed by atoms with E-state index in [1.807, 2.05) is 0 Å². The highest BCUT2D eigenvalue weighted by Gasteiger charge is 2.14. The number of hydrogen-bond donors (Lipinski definition) is 1. The molecule has 3 rings (SSSR count). The lowest BCUT2D eigenvalue weighted by Crippen LogP contribution is -2.12. The highest BCUT2D eigenvalue weighted by molar-refractivity contribution is 9.11. The predicted octanol–water partition coefficient (Wildman–Crippen LogP) is 4.44. The number of hydrogen-bond acceptors (Lipinski definition) is 2. The Balaban J connectivity index is 1.92. The highest BCUT2D eigenvalue weighted by atomic mass is 79.9. The molecule has 3 heteroatoms. The van der Waals surface area contributed by atoms with Gasteiger partial charge in [0.25, 0.3) is 0 Å². The molecule has 1 unspecified atom stereocenters. The maximum absolute atomic E-state index is 6.35. The second-order valence-corrected chi connectivity index (χ2v) is 7.19. The third-order valence-electron chi connectivity index (χ3n) is 3.68. The van der Waals surface area contributed by atoms with Crippen molar-refractivity contribution < 1.29 is 0 Å². The molecule has 1 heterocycles. The van der Waals surface area contributed by atoms with Crippen molar-refractivity contribution in [1.29, 1.82) is 0 Å². The van der Waals surface area contributed by atoms with Crippen molar-refractivity contribution in [3.8, 4) is 0 Å². The minimum atomic E-state index is -0.000207. The third kappa shape index (κ3) is 2.40. The summed E-state index contributed by atoms with van der Waals surface area (Å²) in [5.74, 6) is 0. The molecule has 0 bridgehead atoms. The van der Waals surface area contributed by atoms with Gasteiger partial charge in [-0.1, -0.05) is 18.2 Å². The second kappa shape index (κ2) is 5.16. The van der Waals surface area contributed by atoms with Crippen LogP contribution in [0.2, 0.25) is 0 Å². The van der Waals surface area contributed by atoms with Gasteiger partial charge < -0.3 is 5.73 Å². The van der Waals surface area contributed by atoms with Crippen molar-refractivity contribution in [2.75, 3.05) is 0 Å². The first-order valence-corrected chi connectivity index (χ1v) is 8.02. The first-order valence-electron chi connectivity index (χ1n) is 6.35. The Bertz CT molecular complexity index is 561. The molecule has 1 aliphatic carbocycles. The van der Waals surface area contributed by atoms with Crippen molar-refractivity contribution in [1.82, 2.24) is 0 Å². The minimum Gasteiger partial charge on any atom is -0.320 e. The Labute approximate surface area is 120 Å². The zero-order valence-corrected chi connectivity index (χ0v) is 12.6. The number of aryl methyl sites for hydroxylation is 2. The average molecular weight is 322 g/mol. The highest BCUT2D eigenvalue weighted by Crippen LogP contribution is 2.30. The Kier molecular flexibility index (Phi) is 3.55. The lowest BCUT2D eigenvalue weighted by atomic mass is 9.88. The summed E-state index contributed by atoms with van der Waals surface area (Å²) in [6.07, 6.45) is 5.09. The Hall–Kier alpha value is -0.640. The summed E-state index contributed by atoms with van der Waals surface area (Å²) in [6, 6.07) is 8.89. The van der Waals surface area contributed by atoms with E-state index in [1.165, 1.54) is 47.9 Å². The molecule has 2 N–H and O–H groups in total. The monoisotopic (exact) mass is 321 g/mol. The molecule has 0 saturated carbocycles. The molecule has 0 saturated heterocycles. The summed E-state index contributed by atoms with van der Waals surface area (Å²) in [5, 5.41) is 2.13. The number of nitrogens with two attached hydrogens (primary N) is 1. The van der Waals surface area contributed by atoms with Crippen LogP contribution in [0, 0.1) is 0 Å². The summed E-state index contributed by atoms with van der Waals surface area (Å²) < 4.78 is 1.14. The standard InChI is InChI=1S/C15H16BrNS/c16-14-8-13(9-18-14)15(17)12-6-5-10-3-1-2-4-11(10)7-12/h5-9,15H,1-4,17H2. The number of halogens is 1. The van der Waals surface area contributed by atoms with Gasteiger partial charge in [-0.15, -0.1) is 11.3 Å². The van der Waals surface area contributed by atoms with E-state index in [1.54, 1.807) is 11.3 Å². The molecule has 18 heavy (non-hydrogen) atoms. The minimum absolute atomic E-state index is 0.000207. The Morgan fingerprint density at radius 3 is 2.56 bits per heavy atom. The Morgan fingerprint density at radius 2 is 1.83 bits per heavy atom. The van der Waals surface area contributed by atoms with Gasteiger partial charge in [0.2, 0.25) is 0 Å². The number of benzene rings is 1. The van der Waals surface area contributed by atoms with Gasteiger partial charge in [-0.3, -0.25) is 0 Å². The fraction of sp³-hybridized carbons (Fsp3) is 0.333. The van der Waals surface area contributed by atoms with Crippen molar-refractivity contribution in [2.24, 2.45) is 5.73 Å². The van der Waals surface area contributed by atoms with E-state index in [0.29, 0.717) is 0 Å². The Morgan fingerprint density at radius 1 is 1.06 bits per heavy atom. The molecule has 1 aliphatic rings. The first kappa shape index (κ1) is 12.4. The average Bonchev–Trinajstić information content (AvgIpc) is 2.84. The molecule has 1 aromatic heterocycles. The van der Waals surface area contributed by atoms with Gasteiger partial charge in [-0.25, -0.2) is 0 Å². The van der Waals surface area contributed by atoms with Crippen LogP contribution < -0.4 is 5.73 Å². The predicted molar refractivity (Wildman–Crippen MR) is 81.1 cm³/mol. The topological polar surface area (TPSA) is 26.0 Å². The molecule has 1 nitrogen and oxygen atoms in total. The van der Waals surface area contributed by atoms with Crippen molar-refractivity contribution in [2.45, 2.75) is 31.7 Å². The fourth-order valence-electron chi connectivity index (χ4n) is 2.63. The fourth-order valence-corrected chi connectivity index (χ4v) is 3.84. The number of rotatable bonds is 2. The maximum atomic E-state index is 6.35. The number of thiophene rings is 1. The molecular weight excluding hydrogens is 306 g/mol. The molecule has 1 aromatic carbocycles. The second-order valence-electron chi connectivity index (χ2n) is 4.90. The molecule has 2 aromatic rings. The summed E-state index contributed by atoms with van der Waals surface area (Å²) >= 11 is 5.19. The summed E-state index contributed by atoms with van der Waals surface area (Å²) in [6.45, 7) is 0. The van der Waals surface area contributed by atoms with Crippen LogP contribution in [0.25, 0.3) is 0 Å². The van der Waals surface area contributed by atoms with Gasteiger partial charge in [0, 0.05) is 0 Å². The smallest absolute Gasteiger partial charge is 0.0701 e. The molecule has 1 atom stereocenters. The van der Waals surface area contributed by atoms with E-state index >= 15 is 0 Å². The van der Waals surface area contributed by atoms with E-state index in [9.17, 15) is 0 Å². The van der Waals surface area contributed by atoms with Gasteiger partial charge in [0.05, 0.1) is 9.83 Å². The normalized spacial score (nSPS) is 16.3. The zero-order chi connectivity index (χ0) is 12.5. The summed E-state index contributed by atoms with van der Waals surface area (Å²) in [4.78, 5) is 0. The van der Waals surface area contributed by atoms with Gasteiger partial charge in [-0.05, 0) is 75.3 Å². The lowest BCUT2D eigenvalue weighted by molar-refractivity contribution is 0.683. The van der Waals surface area contributed by atoms with Crippen molar-refractivity contribution in [3.05, 3.63) is 55.7 Å². The van der Waals surface area contributed by atoms with Crippen LogP contribution in [0.1, 0.15) is 41.1 Å². The van der Waals surface area contributed by atoms with E-state index < -0.39 is 0 Å². The van der Waals surface area contributed by atoms with E-state index in [4.69, 9.17) is 5.73 Å². The molecule has 0 aliphatic heterocycles. The largest absolute Gasteiger partial charge is 0.320 e. The number of fused-ring (bicyclic) bond motifs is 1. The summed E-state index contributed by atoms with van der Waals surface area (Å²) in [7, 11) is 0. The van der Waals surface area contributed by atoms with Crippen LogP contribution in [0.4, 0.5) is 0 Å². The molecule has 94 valence electrons. The molecule has 0 amide bonds. The summed E-state index contributed by atoms with van der Waals surface area (Å²) in [5.41, 5.74) is 11.8. The molecule has 0 radical (unpaired) electrons. The molecular formula is C15H16BrNS. The van der Waals surface area contributed by atoms with Crippen LogP contribution in [0.3, 0.4) is 0 Å². The zero-order valence-electron chi connectivity index (χ0n) is 10.2. The van der Waals surface area contributed by atoms with E-state index in [0.717, 1.165) is 3.79 Å². The van der Waals surface area contributed by atoms with Crippen molar-refractivity contribution >= 4 is 27.3 Å². The quantitative estimate of drug-likeness (QED) is 0.869. The van der Waals surface area contributed by atoms with Crippen LogP contribution >= 0.6 is 27.3 Å².